The summed E-state index contributed by atoms with van der Waals surface area (Å²) >= 11 is 0. The van der Waals surface area contributed by atoms with E-state index in [0.717, 1.165) is 36.4 Å². The molecule has 0 aliphatic carbocycles. The topological polar surface area (TPSA) is 40.0 Å². The molecule has 0 saturated heterocycles. The Hall–Kier alpha value is -1.55. The molecule has 0 fully saturated rings. The predicted octanol–water partition coefficient (Wildman–Crippen LogP) is 4.06. The number of aliphatic imine (C=N–C) groups is 1. The number of ether oxygens (including phenoxy) is 3. The van der Waals surface area contributed by atoms with E-state index in [9.17, 15) is 0 Å². The SMILES string of the molecule is COCCCOc1cc2c(cc1OC)C=NC[C@H]2CCC(C)C. The van der Waals surface area contributed by atoms with E-state index in [1.165, 1.54) is 12.0 Å². The van der Waals surface area contributed by atoms with Gasteiger partial charge in [-0.3, -0.25) is 4.99 Å². The summed E-state index contributed by atoms with van der Waals surface area (Å²) in [5.41, 5.74) is 2.49. The molecule has 4 heteroatoms. The predicted molar refractivity (Wildman–Crippen MR) is 94.3 cm³/mol. The quantitative estimate of drug-likeness (QED) is 0.644. The molecular weight excluding hydrogens is 290 g/mol. The fourth-order valence-electron chi connectivity index (χ4n) is 2.87. The van der Waals surface area contributed by atoms with Gasteiger partial charge in [-0.2, -0.15) is 0 Å². The number of nitrogens with zero attached hydrogens (tertiary/aromatic N) is 1. The second-order valence-corrected chi connectivity index (χ2v) is 6.49. The Labute approximate surface area is 139 Å². The van der Waals surface area contributed by atoms with Crippen LogP contribution in [-0.4, -0.2) is 40.2 Å². The first-order valence-corrected chi connectivity index (χ1v) is 8.49. The highest BCUT2D eigenvalue weighted by atomic mass is 16.5. The second kappa shape index (κ2) is 8.92. The summed E-state index contributed by atoms with van der Waals surface area (Å²) in [6, 6.07) is 4.20. The highest BCUT2D eigenvalue weighted by Crippen LogP contribution is 2.37. The van der Waals surface area contributed by atoms with Crippen LogP contribution in [0.15, 0.2) is 17.1 Å². The van der Waals surface area contributed by atoms with Gasteiger partial charge in [-0.15, -0.1) is 0 Å². The monoisotopic (exact) mass is 319 g/mol. The lowest BCUT2D eigenvalue weighted by atomic mass is 9.87. The van der Waals surface area contributed by atoms with E-state index in [-0.39, 0.29) is 0 Å². The van der Waals surface area contributed by atoms with Crippen molar-refractivity contribution in [2.24, 2.45) is 10.9 Å². The molecule has 1 aliphatic rings. The van der Waals surface area contributed by atoms with Gasteiger partial charge in [0.25, 0.3) is 0 Å². The van der Waals surface area contributed by atoms with Gasteiger partial charge in [0.1, 0.15) is 0 Å². The van der Waals surface area contributed by atoms with Crippen LogP contribution in [0, 0.1) is 5.92 Å². The van der Waals surface area contributed by atoms with Crippen molar-refractivity contribution in [2.75, 3.05) is 34.0 Å². The van der Waals surface area contributed by atoms with Gasteiger partial charge in [0, 0.05) is 38.8 Å². The first kappa shape index (κ1) is 17.8. The van der Waals surface area contributed by atoms with Gasteiger partial charge >= 0.3 is 0 Å². The number of rotatable bonds is 9. The Balaban J connectivity index is 2.16. The molecule has 1 heterocycles. The molecule has 1 aromatic carbocycles. The molecule has 0 aromatic heterocycles. The van der Waals surface area contributed by atoms with E-state index in [1.807, 2.05) is 12.3 Å². The minimum Gasteiger partial charge on any atom is -0.493 e. The smallest absolute Gasteiger partial charge is 0.161 e. The zero-order valence-electron chi connectivity index (χ0n) is 14.8. The van der Waals surface area contributed by atoms with E-state index in [2.05, 4.69) is 24.9 Å². The van der Waals surface area contributed by atoms with E-state index < -0.39 is 0 Å². The number of methoxy groups -OCH3 is 2. The van der Waals surface area contributed by atoms with E-state index in [4.69, 9.17) is 14.2 Å². The lowest BCUT2D eigenvalue weighted by Gasteiger charge is -2.24. The summed E-state index contributed by atoms with van der Waals surface area (Å²) in [5, 5.41) is 0. The molecule has 1 atom stereocenters. The summed E-state index contributed by atoms with van der Waals surface area (Å²) < 4.78 is 16.5. The molecule has 2 rings (SSSR count). The van der Waals surface area contributed by atoms with Crippen LogP contribution in [-0.2, 0) is 4.74 Å². The highest BCUT2D eigenvalue weighted by molar-refractivity contribution is 5.85. The molecule has 1 aliphatic heterocycles. The van der Waals surface area contributed by atoms with Crippen LogP contribution in [0.1, 0.15) is 50.2 Å². The minimum absolute atomic E-state index is 0.477. The Morgan fingerprint density at radius 3 is 2.70 bits per heavy atom. The van der Waals surface area contributed by atoms with Gasteiger partial charge in [0.2, 0.25) is 0 Å². The van der Waals surface area contributed by atoms with Crippen molar-refractivity contribution >= 4 is 6.21 Å². The fraction of sp³-hybridized carbons (Fsp3) is 0.632. The largest absolute Gasteiger partial charge is 0.493 e. The maximum Gasteiger partial charge on any atom is 0.161 e. The third-order valence-corrected chi connectivity index (χ3v) is 4.21. The van der Waals surface area contributed by atoms with Gasteiger partial charge in [0.05, 0.1) is 13.7 Å². The van der Waals surface area contributed by atoms with Gasteiger partial charge in [-0.25, -0.2) is 0 Å². The Morgan fingerprint density at radius 1 is 1.17 bits per heavy atom. The van der Waals surface area contributed by atoms with Crippen molar-refractivity contribution < 1.29 is 14.2 Å². The zero-order valence-corrected chi connectivity index (χ0v) is 14.8. The highest BCUT2D eigenvalue weighted by Gasteiger charge is 2.21. The van der Waals surface area contributed by atoms with Crippen molar-refractivity contribution in [1.29, 1.82) is 0 Å². The number of benzene rings is 1. The molecule has 23 heavy (non-hydrogen) atoms. The van der Waals surface area contributed by atoms with Crippen molar-refractivity contribution in [1.82, 2.24) is 0 Å². The second-order valence-electron chi connectivity index (χ2n) is 6.49. The maximum atomic E-state index is 5.92. The lowest BCUT2D eigenvalue weighted by Crippen LogP contribution is -2.13. The van der Waals surface area contributed by atoms with Crippen molar-refractivity contribution in [3.05, 3.63) is 23.3 Å². The third-order valence-electron chi connectivity index (χ3n) is 4.21. The Bertz CT molecular complexity index is 526. The number of fused-ring (bicyclic) bond motifs is 1. The molecule has 1 aromatic rings. The molecule has 0 bridgehead atoms. The van der Waals surface area contributed by atoms with Crippen LogP contribution in [0.2, 0.25) is 0 Å². The average Bonchev–Trinajstić information content (AvgIpc) is 2.56. The van der Waals surface area contributed by atoms with Gasteiger partial charge in [-0.05, 0) is 35.6 Å². The van der Waals surface area contributed by atoms with Crippen LogP contribution in [0.3, 0.4) is 0 Å². The van der Waals surface area contributed by atoms with E-state index in [0.29, 0.717) is 25.0 Å². The molecule has 0 spiro atoms. The number of hydrogen-bond donors (Lipinski definition) is 0. The summed E-state index contributed by atoms with van der Waals surface area (Å²) in [7, 11) is 3.39. The van der Waals surface area contributed by atoms with Crippen LogP contribution in [0.5, 0.6) is 11.5 Å². The summed E-state index contributed by atoms with van der Waals surface area (Å²) in [6.07, 6.45) is 5.21. The first-order valence-electron chi connectivity index (χ1n) is 8.49. The van der Waals surface area contributed by atoms with Crippen LogP contribution in [0.25, 0.3) is 0 Å². The van der Waals surface area contributed by atoms with Crippen LogP contribution >= 0.6 is 0 Å². The fourth-order valence-corrected chi connectivity index (χ4v) is 2.87. The van der Waals surface area contributed by atoms with E-state index in [1.54, 1.807) is 14.2 Å². The molecule has 0 saturated carbocycles. The first-order chi connectivity index (χ1) is 11.2. The Morgan fingerprint density at radius 2 is 2.00 bits per heavy atom. The van der Waals surface area contributed by atoms with Crippen LogP contribution < -0.4 is 9.47 Å². The summed E-state index contributed by atoms with van der Waals surface area (Å²) in [6.45, 7) is 6.75. The normalized spacial score (nSPS) is 16.5. The third kappa shape index (κ3) is 4.96. The molecule has 0 unspecified atom stereocenters. The summed E-state index contributed by atoms with van der Waals surface area (Å²) in [4.78, 5) is 4.53. The van der Waals surface area contributed by atoms with Gasteiger partial charge in [-0.1, -0.05) is 20.3 Å². The van der Waals surface area contributed by atoms with Crippen molar-refractivity contribution in [2.45, 2.75) is 39.0 Å². The molecule has 4 nitrogen and oxygen atoms in total. The zero-order chi connectivity index (χ0) is 16.7. The average molecular weight is 319 g/mol. The molecule has 0 amide bonds. The Kier molecular flexibility index (Phi) is 6.90. The van der Waals surface area contributed by atoms with Crippen molar-refractivity contribution in [3.63, 3.8) is 0 Å². The lowest BCUT2D eigenvalue weighted by molar-refractivity contribution is 0.170. The molecule has 128 valence electrons. The minimum atomic E-state index is 0.477. The molecular formula is C19H29NO3. The van der Waals surface area contributed by atoms with Crippen molar-refractivity contribution in [3.8, 4) is 11.5 Å². The van der Waals surface area contributed by atoms with Gasteiger partial charge < -0.3 is 14.2 Å². The molecule has 0 N–H and O–H groups in total. The standard InChI is InChI=1S/C19H29NO3/c1-14(2)6-7-15-12-20-13-16-10-18(22-4)19(11-17(15)16)23-9-5-8-21-3/h10-11,13-15H,5-9,12H2,1-4H3/t15-/m1/s1. The number of hydrogen-bond acceptors (Lipinski definition) is 4. The maximum absolute atomic E-state index is 5.92. The van der Waals surface area contributed by atoms with Crippen LogP contribution in [0.4, 0.5) is 0 Å². The summed E-state index contributed by atoms with van der Waals surface area (Å²) in [5.74, 6) is 2.79. The van der Waals surface area contributed by atoms with Gasteiger partial charge in [0.15, 0.2) is 11.5 Å². The molecule has 0 radical (unpaired) electrons. The van der Waals surface area contributed by atoms with E-state index >= 15 is 0 Å².